The van der Waals surface area contributed by atoms with Crippen molar-refractivity contribution in [1.29, 1.82) is 0 Å². The van der Waals surface area contributed by atoms with E-state index >= 15 is 0 Å². The number of hydrogen-bond acceptors (Lipinski definition) is 3. The number of para-hydroxylation sites is 1. The molecule has 0 aromatic heterocycles. The molecule has 3 aromatic rings. The lowest BCUT2D eigenvalue weighted by atomic mass is 9.75. The lowest BCUT2D eigenvalue weighted by molar-refractivity contribution is -0.126. The Kier molecular flexibility index (Phi) is 7.11. The van der Waals surface area contributed by atoms with Crippen LogP contribution in [0.15, 0.2) is 83.8 Å². The number of benzene rings is 3. The molecule has 0 spiro atoms. The monoisotopic (exact) mass is 443 g/mol. The summed E-state index contributed by atoms with van der Waals surface area (Å²) >= 11 is 1.20. The molecule has 0 aliphatic heterocycles. The van der Waals surface area contributed by atoms with E-state index in [-0.39, 0.29) is 16.4 Å². The SMILES string of the molecule is CC1(C(=O)Nc2ccccc2SC(=O)Cc2ccc(-c3ccccc3)cc2)CCCCC1. The summed E-state index contributed by atoms with van der Waals surface area (Å²) in [6.45, 7) is 2.06. The zero-order valence-corrected chi connectivity index (χ0v) is 19.3. The number of anilines is 1. The Morgan fingerprint density at radius 1 is 0.812 bits per heavy atom. The highest BCUT2D eigenvalue weighted by atomic mass is 32.2. The van der Waals surface area contributed by atoms with Crippen LogP contribution in [0.1, 0.15) is 44.6 Å². The largest absolute Gasteiger partial charge is 0.325 e. The molecular formula is C28H29NO2S. The molecule has 3 aromatic carbocycles. The van der Waals surface area contributed by atoms with Gasteiger partial charge in [0.2, 0.25) is 5.91 Å². The van der Waals surface area contributed by atoms with Gasteiger partial charge in [0, 0.05) is 16.7 Å². The predicted molar refractivity (Wildman–Crippen MR) is 133 cm³/mol. The van der Waals surface area contributed by atoms with Gasteiger partial charge in [-0.1, -0.05) is 92.9 Å². The first-order chi connectivity index (χ1) is 15.5. The molecule has 1 amide bonds. The summed E-state index contributed by atoms with van der Waals surface area (Å²) in [6, 6.07) is 25.9. The zero-order chi connectivity index (χ0) is 22.4. The van der Waals surface area contributed by atoms with Crippen LogP contribution in [0.2, 0.25) is 0 Å². The van der Waals surface area contributed by atoms with Gasteiger partial charge in [0.15, 0.2) is 5.12 Å². The predicted octanol–water partition coefficient (Wildman–Crippen LogP) is 7.12. The van der Waals surface area contributed by atoms with Gasteiger partial charge in [-0.05, 0) is 53.4 Å². The number of carbonyl (C=O) groups is 2. The molecule has 1 fully saturated rings. The molecule has 0 atom stereocenters. The van der Waals surface area contributed by atoms with E-state index in [0.29, 0.717) is 6.42 Å². The van der Waals surface area contributed by atoms with Crippen LogP contribution in [0, 0.1) is 5.41 Å². The molecule has 3 nitrogen and oxygen atoms in total. The maximum absolute atomic E-state index is 13.0. The van der Waals surface area contributed by atoms with Gasteiger partial charge < -0.3 is 5.32 Å². The van der Waals surface area contributed by atoms with Crippen LogP contribution in [-0.2, 0) is 16.0 Å². The number of carbonyl (C=O) groups excluding carboxylic acids is 2. The molecule has 0 unspecified atom stereocenters. The van der Waals surface area contributed by atoms with Crippen LogP contribution in [0.25, 0.3) is 11.1 Å². The number of hydrogen-bond donors (Lipinski definition) is 1. The van der Waals surface area contributed by atoms with Crippen molar-refractivity contribution in [3.63, 3.8) is 0 Å². The molecule has 4 heteroatoms. The van der Waals surface area contributed by atoms with Crippen LogP contribution >= 0.6 is 11.8 Å². The van der Waals surface area contributed by atoms with Crippen molar-refractivity contribution in [2.75, 3.05) is 5.32 Å². The Labute approximate surface area is 194 Å². The highest BCUT2D eigenvalue weighted by Gasteiger charge is 2.34. The summed E-state index contributed by atoms with van der Waals surface area (Å²) in [7, 11) is 0. The summed E-state index contributed by atoms with van der Waals surface area (Å²) in [4.78, 5) is 26.5. The number of thioether (sulfide) groups is 1. The van der Waals surface area contributed by atoms with Crippen molar-refractivity contribution in [2.45, 2.75) is 50.3 Å². The fourth-order valence-electron chi connectivity index (χ4n) is 4.26. The molecule has 0 heterocycles. The van der Waals surface area contributed by atoms with Gasteiger partial charge in [-0.15, -0.1) is 0 Å². The minimum atomic E-state index is -0.319. The van der Waals surface area contributed by atoms with Gasteiger partial charge in [-0.2, -0.15) is 0 Å². The van der Waals surface area contributed by atoms with Gasteiger partial charge in [-0.3, -0.25) is 9.59 Å². The summed E-state index contributed by atoms with van der Waals surface area (Å²) in [5, 5.41) is 3.16. The van der Waals surface area contributed by atoms with Gasteiger partial charge in [0.1, 0.15) is 0 Å². The Balaban J connectivity index is 1.40. The van der Waals surface area contributed by atoms with Gasteiger partial charge >= 0.3 is 0 Å². The normalized spacial score (nSPS) is 15.2. The lowest BCUT2D eigenvalue weighted by Gasteiger charge is -2.32. The lowest BCUT2D eigenvalue weighted by Crippen LogP contribution is -2.35. The maximum atomic E-state index is 13.0. The summed E-state index contributed by atoms with van der Waals surface area (Å²) < 4.78 is 0. The molecule has 4 rings (SSSR count). The van der Waals surface area contributed by atoms with Crippen molar-refractivity contribution >= 4 is 28.5 Å². The molecule has 1 aliphatic carbocycles. The van der Waals surface area contributed by atoms with E-state index in [1.807, 2.05) is 54.6 Å². The first-order valence-electron chi connectivity index (χ1n) is 11.3. The third-order valence-corrected chi connectivity index (χ3v) is 7.22. The van der Waals surface area contributed by atoms with Crippen molar-refractivity contribution in [1.82, 2.24) is 0 Å². The molecule has 0 saturated heterocycles. The van der Waals surface area contributed by atoms with Crippen LogP contribution < -0.4 is 5.32 Å². The van der Waals surface area contributed by atoms with Gasteiger partial charge in [0.05, 0.1) is 5.69 Å². The van der Waals surface area contributed by atoms with Crippen LogP contribution in [0.3, 0.4) is 0 Å². The second kappa shape index (κ2) is 10.2. The van der Waals surface area contributed by atoms with E-state index in [1.165, 1.54) is 18.2 Å². The quantitative estimate of drug-likeness (QED) is 0.412. The average molecular weight is 444 g/mol. The van der Waals surface area contributed by atoms with E-state index in [1.54, 1.807) is 0 Å². The molecule has 0 bridgehead atoms. The molecular weight excluding hydrogens is 414 g/mol. The Bertz CT molecular complexity index is 1070. The number of amides is 1. The third kappa shape index (κ3) is 5.49. The van der Waals surface area contributed by atoms with E-state index in [2.05, 4.69) is 36.5 Å². The molecule has 1 N–H and O–H groups in total. The zero-order valence-electron chi connectivity index (χ0n) is 18.5. The maximum Gasteiger partial charge on any atom is 0.230 e. The Morgan fingerprint density at radius 2 is 1.44 bits per heavy atom. The molecule has 1 aliphatic rings. The standard InChI is InChI=1S/C28H29NO2S/c1-28(18-8-3-9-19-28)27(31)29-24-12-6-7-13-25(24)32-26(30)20-21-14-16-23(17-15-21)22-10-4-2-5-11-22/h2,4-7,10-17H,3,8-9,18-20H2,1H3,(H,29,31). The highest BCUT2D eigenvalue weighted by Crippen LogP contribution is 2.38. The van der Waals surface area contributed by atoms with Gasteiger partial charge in [0.25, 0.3) is 0 Å². The van der Waals surface area contributed by atoms with Crippen molar-refractivity contribution in [3.8, 4) is 11.1 Å². The Morgan fingerprint density at radius 3 is 2.16 bits per heavy atom. The van der Waals surface area contributed by atoms with E-state index in [4.69, 9.17) is 0 Å². The fourth-order valence-corrected chi connectivity index (χ4v) is 5.12. The van der Waals surface area contributed by atoms with Crippen LogP contribution in [0.4, 0.5) is 5.69 Å². The topological polar surface area (TPSA) is 46.2 Å². The summed E-state index contributed by atoms with van der Waals surface area (Å²) in [5.74, 6) is 0.0641. The van der Waals surface area contributed by atoms with Gasteiger partial charge in [-0.25, -0.2) is 0 Å². The minimum absolute atomic E-state index is 0.0584. The average Bonchev–Trinajstić information content (AvgIpc) is 2.82. The second-order valence-corrected chi connectivity index (χ2v) is 9.88. The van der Waals surface area contributed by atoms with Crippen molar-refractivity contribution in [3.05, 3.63) is 84.4 Å². The summed E-state index contributed by atoms with van der Waals surface area (Å²) in [5.41, 5.74) is 3.69. The molecule has 32 heavy (non-hydrogen) atoms. The smallest absolute Gasteiger partial charge is 0.230 e. The minimum Gasteiger partial charge on any atom is -0.325 e. The first-order valence-corrected chi connectivity index (χ1v) is 12.1. The molecule has 0 radical (unpaired) electrons. The fraction of sp³-hybridized carbons (Fsp3) is 0.286. The van der Waals surface area contributed by atoms with Crippen molar-refractivity contribution in [2.24, 2.45) is 5.41 Å². The van der Waals surface area contributed by atoms with Crippen molar-refractivity contribution < 1.29 is 9.59 Å². The van der Waals surface area contributed by atoms with E-state index in [0.717, 1.165) is 53.0 Å². The highest BCUT2D eigenvalue weighted by molar-refractivity contribution is 8.13. The second-order valence-electron chi connectivity index (χ2n) is 8.79. The van der Waals surface area contributed by atoms with E-state index in [9.17, 15) is 9.59 Å². The number of rotatable bonds is 6. The third-order valence-electron chi connectivity index (χ3n) is 6.27. The van der Waals surface area contributed by atoms with Crippen LogP contribution in [-0.4, -0.2) is 11.0 Å². The van der Waals surface area contributed by atoms with Crippen LogP contribution in [0.5, 0.6) is 0 Å². The Hall–Kier alpha value is -2.85. The number of nitrogens with one attached hydrogen (secondary N) is 1. The van der Waals surface area contributed by atoms with E-state index < -0.39 is 0 Å². The molecule has 1 saturated carbocycles. The molecule has 164 valence electrons. The first kappa shape index (κ1) is 22.3. The summed E-state index contributed by atoms with van der Waals surface area (Å²) in [6.07, 6.45) is 5.59.